The Labute approximate surface area is 189 Å². The molecule has 2 amide bonds. The number of alkyl halides is 3. The second-order valence-corrected chi connectivity index (χ2v) is 9.42. The van der Waals surface area contributed by atoms with Crippen LogP contribution in [-0.2, 0) is 11.0 Å². The van der Waals surface area contributed by atoms with Crippen LogP contribution in [0.3, 0.4) is 0 Å². The maximum absolute atomic E-state index is 13.8. The Hall–Kier alpha value is -2.29. The number of carbonyl (C=O) groups is 2. The number of aromatic nitrogens is 2. The van der Waals surface area contributed by atoms with Crippen molar-refractivity contribution in [2.75, 3.05) is 19.6 Å². The van der Waals surface area contributed by atoms with Crippen LogP contribution in [0.2, 0.25) is 5.15 Å². The van der Waals surface area contributed by atoms with Crippen LogP contribution in [0.25, 0.3) is 5.65 Å². The number of nitrogens with zero attached hydrogens (tertiary/aromatic N) is 4. The summed E-state index contributed by atoms with van der Waals surface area (Å²) < 4.78 is 42.6. The van der Waals surface area contributed by atoms with Gasteiger partial charge in [-0.05, 0) is 42.7 Å². The summed E-state index contributed by atoms with van der Waals surface area (Å²) in [7, 11) is 0. The van der Waals surface area contributed by atoms with Gasteiger partial charge >= 0.3 is 6.18 Å². The van der Waals surface area contributed by atoms with Gasteiger partial charge in [0.15, 0.2) is 11.3 Å². The number of amides is 2. The van der Waals surface area contributed by atoms with E-state index < -0.39 is 23.3 Å². The molecule has 32 heavy (non-hydrogen) atoms. The first-order valence-electron chi connectivity index (χ1n) is 10.9. The van der Waals surface area contributed by atoms with Crippen LogP contribution in [-0.4, -0.2) is 56.7 Å². The predicted octanol–water partition coefficient (Wildman–Crippen LogP) is 4.60. The largest absolute Gasteiger partial charge is 0.419 e. The van der Waals surface area contributed by atoms with Crippen LogP contribution < -0.4 is 0 Å². The average Bonchev–Trinajstić information content (AvgIpc) is 3.02. The number of halogens is 4. The number of fused-ring (bicyclic) bond motifs is 1. The van der Waals surface area contributed by atoms with Gasteiger partial charge in [-0.1, -0.05) is 32.4 Å². The van der Waals surface area contributed by atoms with Crippen molar-refractivity contribution >= 4 is 29.1 Å². The van der Waals surface area contributed by atoms with Crippen molar-refractivity contribution in [3.8, 4) is 0 Å². The van der Waals surface area contributed by atoms with Crippen molar-refractivity contribution in [2.24, 2.45) is 5.92 Å². The van der Waals surface area contributed by atoms with Crippen molar-refractivity contribution in [2.45, 2.75) is 58.2 Å². The Balaban J connectivity index is 1.69. The molecule has 4 rings (SSSR count). The first-order chi connectivity index (χ1) is 15.0. The molecule has 2 aromatic heterocycles. The van der Waals surface area contributed by atoms with E-state index in [9.17, 15) is 22.8 Å². The van der Waals surface area contributed by atoms with Gasteiger partial charge in [0.2, 0.25) is 5.91 Å². The smallest absolute Gasteiger partial charge is 0.336 e. The van der Waals surface area contributed by atoms with Gasteiger partial charge in [0.25, 0.3) is 5.91 Å². The number of pyridine rings is 1. The molecule has 2 fully saturated rings. The molecule has 1 aliphatic carbocycles. The van der Waals surface area contributed by atoms with Crippen molar-refractivity contribution in [1.82, 2.24) is 19.2 Å². The average molecular weight is 471 g/mol. The lowest BCUT2D eigenvalue weighted by molar-refractivity contribution is -0.139. The molecule has 1 saturated carbocycles. The molecular weight excluding hydrogens is 445 g/mol. The van der Waals surface area contributed by atoms with Crippen molar-refractivity contribution in [3.63, 3.8) is 0 Å². The number of imidazole rings is 1. The summed E-state index contributed by atoms with van der Waals surface area (Å²) in [5, 5.41) is -0.179. The zero-order valence-electron chi connectivity index (χ0n) is 18.2. The third-order valence-corrected chi connectivity index (χ3v) is 7.14. The van der Waals surface area contributed by atoms with Gasteiger partial charge in [0.1, 0.15) is 11.7 Å². The molecule has 10 heteroatoms. The maximum Gasteiger partial charge on any atom is 0.419 e. The Morgan fingerprint density at radius 1 is 1.22 bits per heavy atom. The minimum atomic E-state index is -4.66. The Bertz CT molecular complexity index is 1060. The van der Waals surface area contributed by atoms with Crippen LogP contribution in [0.15, 0.2) is 12.3 Å². The normalized spacial score (nSPS) is 19.1. The van der Waals surface area contributed by atoms with Crippen molar-refractivity contribution in [1.29, 1.82) is 0 Å². The summed E-state index contributed by atoms with van der Waals surface area (Å²) in [6.45, 7) is 6.27. The molecular formula is C22H26ClF3N4O2. The van der Waals surface area contributed by atoms with Crippen LogP contribution in [0, 0.1) is 5.92 Å². The molecule has 174 valence electrons. The Kier molecular flexibility index (Phi) is 5.90. The quantitative estimate of drug-likeness (QED) is 0.656. The highest BCUT2D eigenvalue weighted by molar-refractivity contribution is 6.33. The fraction of sp³-hybridized carbons (Fsp3) is 0.591. The van der Waals surface area contributed by atoms with Gasteiger partial charge in [-0.25, -0.2) is 4.98 Å². The van der Waals surface area contributed by atoms with E-state index in [0.717, 1.165) is 29.7 Å². The zero-order chi connectivity index (χ0) is 23.4. The van der Waals surface area contributed by atoms with Crippen molar-refractivity contribution < 1.29 is 22.8 Å². The van der Waals surface area contributed by atoms with E-state index in [1.807, 2.05) is 20.8 Å². The van der Waals surface area contributed by atoms with Gasteiger partial charge in [-0.3, -0.25) is 14.0 Å². The standard InChI is InChI=1S/C22H26ClF3N4O2/c1-12(2)13(3)14-9-16(22(24,25)26)20-27-18(19(23)30(20)10-14)21(32)28-7-8-29(17(31)11-28)15-5-4-6-15/h9-10,12-13,15H,4-8,11H2,1-3H3. The highest BCUT2D eigenvalue weighted by Gasteiger charge is 2.38. The molecule has 1 saturated heterocycles. The van der Waals surface area contributed by atoms with Gasteiger partial charge in [0.05, 0.1) is 5.56 Å². The fourth-order valence-corrected chi connectivity index (χ4v) is 4.46. The van der Waals surface area contributed by atoms with Crippen LogP contribution in [0.1, 0.15) is 67.6 Å². The van der Waals surface area contributed by atoms with E-state index in [4.69, 9.17) is 11.6 Å². The molecule has 3 heterocycles. The van der Waals surface area contributed by atoms with Crippen molar-refractivity contribution in [3.05, 3.63) is 34.2 Å². The number of carbonyl (C=O) groups excluding carboxylic acids is 2. The molecule has 6 nitrogen and oxygen atoms in total. The third-order valence-electron chi connectivity index (χ3n) is 6.78. The minimum Gasteiger partial charge on any atom is -0.336 e. The van der Waals surface area contributed by atoms with E-state index in [0.29, 0.717) is 18.7 Å². The highest BCUT2D eigenvalue weighted by Crippen LogP contribution is 2.37. The van der Waals surface area contributed by atoms with E-state index in [1.165, 1.54) is 11.1 Å². The number of rotatable bonds is 4. The van der Waals surface area contributed by atoms with Crippen LogP contribution in [0.4, 0.5) is 13.2 Å². The second-order valence-electron chi connectivity index (χ2n) is 9.06. The number of hydrogen-bond acceptors (Lipinski definition) is 3. The molecule has 0 N–H and O–H groups in total. The van der Waals surface area contributed by atoms with E-state index in [2.05, 4.69) is 4.98 Å². The fourth-order valence-electron chi connectivity index (χ4n) is 4.21. The first-order valence-corrected chi connectivity index (χ1v) is 11.2. The van der Waals surface area contributed by atoms with E-state index in [-0.39, 0.29) is 41.2 Å². The summed E-state index contributed by atoms with van der Waals surface area (Å²) in [6, 6.07) is 1.31. The molecule has 0 spiro atoms. The van der Waals surface area contributed by atoms with Gasteiger partial charge < -0.3 is 9.80 Å². The summed E-state index contributed by atoms with van der Waals surface area (Å²) in [6.07, 6.45) is -0.119. The molecule has 1 aliphatic heterocycles. The maximum atomic E-state index is 13.8. The monoisotopic (exact) mass is 470 g/mol. The third kappa shape index (κ3) is 3.95. The summed E-state index contributed by atoms with van der Waals surface area (Å²) in [4.78, 5) is 32.7. The second kappa shape index (κ2) is 8.24. The molecule has 1 unspecified atom stereocenters. The topological polar surface area (TPSA) is 57.9 Å². The zero-order valence-corrected chi connectivity index (χ0v) is 19.0. The molecule has 0 bridgehead atoms. The Morgan fingerprint density at radius 3 is 2.44 bits per heavy atom. The van der Waals surface area contributed by atoms with E-state index in [1.54, 1.807) is 4.90 Å². The highest BCUT2D eigenvalue weighted by atomic mass is 35.5. The lowest BCUT2D eigenvalue weighted by atomic mass is 9.90. The number of hydrogen-bond donors (Lipinski definition) is 0. The molecule has 2 aromatic rings. The lowest BCUT2D eigenvalue weighted by Gasteiger charge is -2.42. The minimum absolute atomic E-state index is 0.106. The number of piperazine rings is 1. The molecule has 1 atom stereocenters. The van der Waals surface area contributed by atoms with Crippen LogP contribution >= 0.6 is 11.6 Å². The predicted molar refractivity (Wildman–Crippen MR) is 114 cm³/mol. The van der Waals surface area contributed by atoms with Gasteiger partial charge in [-0.2, -0.15) is 13.2 Å². The summed E-state index contributed by atoms with van der Waals surface area (Å²) in [5.41, 5.74) is -1.15. The van der Waals surface area contributed by atoms with Gasteiger partial charge in [-0.15, -0.1) is 0 Å². The van der Waals surface area contributed by atoms with Gasteiger partial charge in [0, 0.05) is 25.3 Å². The molecule has 2 aliphatic rings. The molecule has 0 radical (unpaired) electrons. The first kappa shape index (κ1) is 22.9. The summed E-state index contributed by atoms with van der Waals surface area (Å²) in [5.74, 6) is -0.838. The SMILES string of the molecule is CC(C)C(C)c1cc(C(F)(F)F)c2nc(C(=O)N3CCN(C4CCC4)C(=O)C3)c(Cl)n2c1. The van der Waals surface area contributed by atoms with E-state index >= 15 is 0 Å². The summed E-state index contributed by atoms with van der Waals surface area (Å²) >= 11 is 6.39. The van der Waals surface area contributed by atoms with Crippen LogP contribution in [0.5, 0.6) is 0 Å². The Morgan fingerprint density at radius 2 is 1.91 bits per heavy atom. The molecule has 0 aromatic carbocycles. The lowest BCUT2D eigenvalue weighted by Crippen LogP contribution is -2.56.